The van der Waals surface area contributed by atoms with E-state index in [9.17, 15) is 9.59 Å². The zero-order chi connectivity index (χ0) is 20.3. The van der Waals surface area contributed by atoms with Crippen LogP contribution in [0.15, 0.2) is 36.7 Å². The van der Waals surface area contributed by atoms with Crippen LogP contribution in [0, 0.1) is 0 Å². The maximum atomic E-state index is 12.7. The van der Waals surface area contributed by atoms with Crippen LogP contribution >= 0.6 is 0 Å². The van der Waals surface area contributed by atoms with Crippen molar-refractivity contribution in [2.24, 2.45) is 5.73 Å². The van der Waals surface area contributed by atoms with Crippen molar-refractivity contribution in [2.45, 2.75) is 51.7 Å². The zero-order valence-electron chi connectivity index (χ0n) is 16.5. The molecule has 28 heavy (non-hydrogen) atoms. The van der Waals surface area contributed by atoms with E-state index < -0.39 is 11.5 Å². The highest BCUT2D eigenvalue weighted by Crippen LogP contribution is 2.32. The Morgan fingerprint density at radius 2 is 2.00 bits per heavy atom. The third kappa shape index (κ3) is 4.65. The van der Waals surface area contributed by atoms with Crippen molar-refractivity contribution in [3.05, 3.63) is 47.9 Å². The van der Waals surface area contributed by atoms with Crippen molar-refractivity contribution >= 4 is 12.0 Å². The van der Waals surface area contributed by atoms with Gasteiger partial charge in [-0.15, -0.1) is 0 Å². The molecule has 148 valence electrons. The summed E-state index contributed by atoms with van der Waals surface area (Å²) < 4.78 is 5.57. The maximum absolute atomic E-state index is 12.7. The number of rotatable bonds is 3. The number of piperidine rings is 1. The molecule has 1 fully saturated rings. The van der Waals surface area contributed by atoms with Crippen molar-refractivity contribution in [3.8, 4) is 11.3 Å². The average molecular weight is 382 g/mol. The lowest BCUT2D eigenvalue weighted by Gasteiger charge is -2.36. The number of ether oxygens (including phenoxy) is 1. The molecule has 3 rings (SSSR count). The van der Waals surface area contributed by atoms with Crippen molar-refractivity contribution < 1.29 is 14.3 Å². The van der Waals surface area contributed by atoms with Gasteiger partial charge in [-0.1, -0.05) is 12.1 Å². The van der Waals surface area contributed by atoms with Crippen LogP contribution in [0.1, 0.15) is 62.1 Å². The van der Waals surface area contributed by atoms with E-state index in [1.54, 1.807) is 35.5 Å². The molecule has 0 spiro atoms. The molecule has 2 aromatic rings. The van der Waals surface area contributed by atoms with E-state index in [4.69, 9.17) is 15.5 Å². The summed E-state index contributed by atoms with van der Waals surface area (Å²) in [7, 11) is 0. The number of carbonyl (C=O) groups excluding carboxylic acids is 2. The minimum Gasteiger partial charge on any atom is -0.444 e. The van der Waals surface area contributed by atoms with Gasteiger partial charge in [0.25, 0.3) is 0 Å². The third-order valence-corrected chi connectivity index (χ3v) is 4.57. The molecule has 0 radical (unpaired) electrons. The van der Waals surface area contributed by atoms with Crippen LogP contribution in [0.5, 0.6) is 0 Å². The van der Waals surface area contributed by atoms with Crippen molar-refractivity contribution in [2.75, 3.05) is 6.54 Å². The Kier molecular flexibility index (Phi) is 5.63. The quantitative estimate of drug-likeness (QED) is 0.872. The molecule has 1 aliphatic rings. The summed E-state index contributed by atoms with van der Waals surface area (Å²) in [6.07, 6.45) is 5.74. The van der Waals surface area contributed by atoms with Crippen LogP contribution in [0.3, 0.4) is 0 Å². The molecule has 7 heteroatoms. The summed E-state index contributed by atoms with van der Waals surface area (Å²) in [5.41, 5.74) is 7.34. The highest BCUT2D eigenvalue weighted by atomic mass is 16.6. The number of aromatic nitrogens is 2. The molecule has 1 aliphatic heterocycles. The van der Waals surface area contributed by atoms with Crippen molar-refractivity contribution in [3.63, 3.8) is 0 Å². The lowest BCUT2D eigenvalue weighted by Crippen LogP contribution is -2.42. The van der Waals surface area contributed by atoms with E-state index in [1.165, 1.54) is 0 Å². The van der Waals surface area contributed by atoms with E-state index in [0.29, 0.717) is 23.5 Å². The number of hydrogen-bond acceptors (Lipinski definition) is 5. The molecule has 0 bridgehead atoms. The number of nitrogens with two attached hydrogens (primary N) is 1. The van der Waals surface area contributed by atoms with E-state index in [-0.39, 0.29) is 12.1 Å². The number of primary amides is 1. The number of benzene rings is 1. The number of nitrogens with zero attached hydrogens (tertiary/aromatic N) is 3. The second-order valence-electron chi connectivity index (χ2n) is 7.96. The highest BCUT2D eigenvalue weighted by Gasteiger charge is 2.32. The molecule has 7 nitrogen and oxygen atoms in total. The molecule has 1 atom stereocenters. The number of amides is 2. The SMILES string of the molecule is CC(C)(C)OC(=O)N1CCCCC1c1cncc(-c2cccc(C(N)=O)c2)n1. The van der Waals surface area contributed by atoms with Gasteiger partial charge in [-0.3, -0.25) is 14.7 Å². The number of carbonyl (C=O) groups is 2. The first-order valence-corrected chi connectivity index (χ1v) is 9.46. The molecule has 1 saturated heterocycles. The van der Waals surface area contributed by atoms with Gasteiger partial charge in [0.15, 0.2) is 0 Å². The van der Waals surface area contributed by atoms with Gasteiger partial charge in [0, 0.05) is 17.7 Å². The summed E-state index contributed by atoms with van der Waals surface area (Å²) in [4.78, 5) is 34.9. The van der Waals surface area contributed by atoms with Crippen LogP contribution in [0.4, 0.5) is 4.79 Å². The van der Waals surface area contributed by atoms with Gasteiger partial charge in [-0.25, -0.2) is 9.78 Å². The fraction of sp³-hybridized carbons (Fsp3) is 0.429. The second-order valence-corrected chi connectivity index (χ2v) is 7.96. The zero-order valence-corrected chi connectivity index (χ0v) is 16.5. The summed E-state index contributed by atoms with van der Waals surface area (Å²) in [5, 5.41) is 0. The summed E-state index contributed by atoms with van der Waals surface area (Å²) >= 11 is 0. The monoisotopic (exact) mass is 382 g/mol. The van der Waals surface area contributed by atoms with E-state index in [2.05, 4.69) is 4.98 Å². The Morgan fingerprint density at radius 3 is 2.71 bits per heavy atom. The third-order valence-electron chi connectivity index (χ3n) is 4.57. The maximum Gasteiger partial charge on any atom is 0.410 e. The number of likely N-dealkylation sites (tertiary alicyclic amines) is 1. The first-order chi connectivity index (χ1) is 13.2. The molecular weight excluding hydrogens is 356 g/mol. The molecule has 0 aliphatic carbocycles. The molecule has 1 unspecified atom stereocenters. The number of hydrogen-bond donors (Lipinski definition) is 1. The first kappa shape index (κ1) is 19.8. The minimum absolute atomic E-state index is 0.185. The van der Waals surface area contributed by atoms with Gasteiger partial charge in [-0.05, 0) is 52.2 Å². The summed E-state index contributed by atoms with van der Waals surface area (Å²) in [6.45, 7) is 6.20. The topological polar surface area (TPSA) is 98.4 Å². The molecule has 1 aromatic carbocycles. The summed E-state index contributed by atoms with van der Waals surface area (Å²) in [6, 6.07) is 6.79. The molecule has 2 heterocycles. The molecular formula is C21H26N4O3. The van der Waals surface area contributed by atoms with E-state index >= 15 is 0 Å². The molecule has 2 amide bonds. The van der Waals surface area contributed by atoms with Gasteiger partial charge in [0.1, 0.15) is 5.60 Å². The normalized spacial score (nSPS) is 17.2. The molecule has 1 aromatic heterocycles. The van der Waals surface area contributed by atoms with Crippen LogP contribution in [-0.2, 0) is 4.74 Å². The van der Waals surface area contributed by atoms with Crippen LogP contribution in [-0.4, -0.2) is 39.0 Å². The van der Waals surface area contributed by atoms with E-state index in [1.807, 2.05) is 26.8 Å². The highest BCUT2D eigenvalue weighted by molar-refractivity contribution is 5.93. The first-order valence-electron chi connectivity index (χ1n) is 9.46. The van der Waals surface area contributed by atoms with Crippen LogP contribution in [0.25, 0.3) is 11.3 Å². The standard InChI is InChI=1S/C21H26N4O3/c1-21(2,3)28-20(27)25-10-5-4-9-18(25)17-13-23-12-16(24-17)14-7-6-8-15(11-14)19(22)26/h6-8,11-13,18H,4-5,9-10H2,1-3H3,(H2,22,26). The van der Waals surface area contributed by atoms with Gasteiger partial charge in [0.05, 0.1) is 29.8 Å². The largest absolute Gasteiger partial charge is 0.444 e. The Labute approximate surface area is 164 Å². The lowest BCUT2D eigenvalue weighted by molar-refractivity contribution is 0.00896. The molecule has 2 N–H and O–H groups in total. The minimum atomic E-state index is -0.554. The molecule has 0 saturated carbocycles. The van der Waals surface area contributed by atoms with Gasteiger partial charge < -0.3 is 10.5 Å². The Morgan fingerprint density at radius 1 is 1.21 bits per heavy atom. The predicted octanol–water partition coefficient (Wildman–Crippen LogP) is 3.70. The van der Waals surface area contributed by atoms with Crippen molar-refractivity contribution in [1.29, 1.82) is 0 Å². The summed E-state index contributed by atoms with van der Waals surface area (Å²) in [5.74, 6) is -0.491. The predicted molar refractivity (Wildman–Crippen MR) is 106 cm³/mol. The Balaban J connectivity index is 1.90. The van der Waals surface area contributed by atoms with Crippen LogP contribution < -0.4 is 5.73 Å². The van der Waals surface area contributed by atoms with Gasteiger partial charge >= 0.3 is 6.09 Å². The smallest absolute Gasteiger partial charge is 0.410 e. The Hall–Kier alpha value is -2.96. The van der Waals surface area contributed by atoms with Gasteiger partial charge in [-0.2, -0.15) is 0 Å². The fourth-order valence-electron chi connectivity index (χ4n) is 3.29. The average Bonchev–Trinajstić information content (AvgIpc) is 2.67. The lowest BCUT2D eigenvalue weighted by atomic mass is 9.99. The Bertz CT molecular complexity index is 876. The second kappa shape index (κ2) is 7.96. The van der Waals surface area contributed by atoms with E-state index in [0.717, 1.165) is 24.8 Å². The van der Waals surface area contributed by atoms with Crippen LogP contribution in [0.2, 0.25) is 0 Å². The van der Waals surface area contributed by atoms with Crippen molar-refractivity contribution in [1.82, 2.24) is 14.9 Å². The van der Waals surface area contributed by atoms with Gasteiger partial charge in [0.2, 0.25) is 5.91 Å². The fourth-order valence-corrected chi connectivity index (χ4v) is 3.29.